The van der Waals surface area contributed by atoms with Crippen molar-refractivity contribution in [2.24, 2.45) is 0 Å². The van der Waals surface area contributed by atoms with Gasteiger partial charge in [0.05, 0.1) is 20.6 Å². The summed E-state index contributed by atoms with van der Waals surface area (Å²) in [4.78, 5) is 18.6. The van der Waals surface area contributed by atoms with Crippen molar-refractivity contribution >= 4 is 34.4 Å². The lowest BCUT2D eigenvalue weighted by atomic mass is 10.3. The Balaban J connectivity index is 2.01. The minimum absolute atomic E-state index is 0.123. The number of hydrogen-bond donors (Lipinski definition) is 1. The molecule has 0 fully saturated rings. The highest BCUT2D eigenvalue weighted by molar-refractivity contribution is 7.09. The van der Waals surface area contributed by atoms with Crippen molar-refractivity contribution in [2.45, 2.75) is 13.3 Å². The third-order valence-electron chi connectivity index (χ3n) is 2.37. The molecule has 0 unspecified atom stereocenters. The van der Waals surface area contributed by atoms with Crippen molar-refractivity contribution in [1.29, 1.82) is 0 Å². The van der Waals surface area contributed by atoms with Gasteiger partial charge in [-0.05, 0) is 6.92 Å². The van der Waals surface area contributed by atoms with E-state index < -0.39 is 4.92 Å². The quantitative estimate of drug-likeness (QED) is 0.677. The van der Waals surface area contributed by atoms with Crippen molar-refractivity contribution in [3.05, 3.63) is 43.5 Å². The Morgan fingerprint density at radius 3 is 3.00 bits per heavy atom. The van der Waals surface area contributed by atoms with Crippen LogP contribution in [0.25, 0.3) is 0 Å². The molecule has 0 aliphatic rings. The molecule has 0 bridgehead atoms. The molecule has 2 rings (SSSR count). The zero-order chi connectivity index (χ0) is 13.8. The average Bonchev–Trinajstić information content (AvgIpc) is 2.77. The molecule has 0 saturated heterocycles. The van der Waals surface area contributed by atoms with Gasteiger partial charge in [0, 0.05) is 30.6 Å². The van der Waals surface area contributed by atoms with Crippen molar-refractivity contribution in [2.75, 3.05) is 11.9 Å². The summed E-state index contributed by atoms with van der Waals surface area (Å²) < 4.78 is 0. The van der Waals surface area contributed by atoms with Crippen LogP contribution >= 0.6 is 22.9 Å². The minimum atomic E-state index is -0.506. The Morgan fingerprint density at radius 2 is 2.37 bits per heavy atom. The summed E-state index contributed by atoms with van der Waals surface area (Å²) in [6.45, 7) is 2.46. The Labute approximate surface area is 118 Å². The number of nitro groups is 1. The lowest BCUT2D eigenvalue weighted by Gasteiger charge is -2.05. The zero-order valence-electron chi connectivity index (χ0n) is 10.1. The summed E-state index contributed by atoms with van der Waals surface area (Å²) in [6.07, 6.45) is 2.07. The van der Waals surface area contributed by atoms with E-state index in [1.54, 1.807) is 11.3 Å². The van der Waals surface area contributed by atoms with Crippen LogP contribution in [-0.2, 0) is 6.42 Å². The predicted molar refractivity (Wildman–Crippen MR) is 74.9 cm³/mol. The van der Waals surface area contributed by atoms with E-state index in [9.17, 15) is 10.1 Å². The summed E-state index contributed by atoms with van der Waals surface area (Å²) >= 11 is 7.27. The number of nitrogens with one attached hydrogen (secondary N) is 1. The summed E-state index contributed by atoms with van der Waals surface area (Å²) in [5.41, 5.74) is 0.841. The molecule has 0 aliphatic heterocycles. The molecule has 0 radical (unpaired) electrons. The molecule has 2 aromatic heterocycles. The van der Waals surface area contributed by atoms with E-state index in [2.05, 4.69) is 15.3 Å². The standard InChI is InChI=1S/C11H11ClN4O2S/c1-7-15-9(6-19-7)2-3-13-11-10(16(17)18)4-8(12)5-14-11/h4-6H,2-3H2,1H3,(H,13,14). The Kier molecular flexibility index (Phi) is 4.28. The predicted octanol–water partition coefficient (Wildman–Crippen LogP) is 3.06. The maximum absolute atomic E-state index is 10.9. The number of hydrogen-bond acceptors (Lipinski definition) is 6. The molecule has 1 N–H and O–H groups in total. The van der Waals surface area contributed by atoms with Crippen LogP contribution in [0.2, 0.25) is 5.02 Å². The Morgan fingerprint density at radius 1 is 1.58 bits per heavy atom. The molecule has 0 amide bonds. The van der Waals surface area contributed by atoms with Gasteiger partial charge >= 0.3 is 5.69 Å². The number of aryl methyl sites for hydroxylation is 1. The number of aromatic nitrogens is 2. The van der Waals surface area contributed by atoms with E-state index in [4.69, 9.17) is 11.6 Å². The molecular formula is C11H11ClN4O2S. The van der Waals surface area contributed by atoms with Gasteiger partial charge in [0.1, 0.15) is 0 Å². The first-order valence-corrected chi connectivity index (χ1v) is 6.77. The average molecular weight is 299 g/mol. The number of pyridine rings is 1. The van der Waals surface area contributed by atoms with Crippen LogP contribution in [0.5, 0.6) is 0 Å². The van der Waals surface area contributed by atoms with Crippen LogP contribution in [-0.4, -0.2) is 21.4 Å². The lowest BCUT2D eigenvalue weighted by molar-refractivity contribution is -0.384. The van der Waals surface area contributed by atoms with E-state index in [1.165, 1.54) is 12.3 Å². The van der Waals surface area contributed by atoms with Gasteiger partial charge in [0.2, 0.25) is 5.82 Å². The largest absolute Gasteiger partial charge is 0.364 e. The summed E-state index contributed by atoms with van der Waals surface area (Å²) in [7, 11) is 0. The highest BCUT2D eigenvalue weighted by Crippen LogP contribution is 2.24. The van der Waals surface area contributed by atoms with Gasteiger partial charge in [0.15, 0.2) is 0 Å². The van der Waals surface area contributed by atoms with Crippen LogP contribution in [0.3, 0.4) is 0 Å². The fraction of sp³-hybridized carbons (Fsp3) is 0.273. The van der Waals surface area contributed by atoms with E-state index in [0.717, 1.165) is 10.7 Å². The number of anilines is 1. The van der Waals surface area contributed by atoms with Crippen molar-refractivity contribution < 1.29 is 4.92 Å². The molecule has 0 aliphatic carbocycles. The van der Waals surface area contributed by atoms with Crippen LogP contribution in [0.1, 0.15) is 10.7 Å². The monoisotopic (exact) mass is 298 g/mol. The van der Waals surface area contributed by atoms with Crippen molar-refractivity contribution in [1.82, 2.24) is 9.97 Å². The molecule has 0 atom stereocenters. The summed E-state index contributed by atoms with van der Waals surface area (Å²) in [5.74, 6) is 0.223. The second-order valence-electron chi connectivity index (χ2n) is 3.81. The van der Waals surface area contributed by atoms with Gasteiger partial charge < -0.3 is 5.32 Å². The highest BCUT2D eigenvalue weighted by atomic mass is 35.5. The molecule has 19 heavy (non-hydrogen) atoms. The van der Waals surface area contributed by atoms with Gasteiger partial charge in [-0.3, -0.25) is 10.1 Å². The molecule has 0 aromatic carbocycles. The van der Waals surface area contributed by atoms with E-state index >= 15 is 0 Å². The third-order valence-corrected chi connectivity index (χ3v) is 3.40. The van der Waals surface area contributed by atoms with Crippen LogP contribution in [0.15, 0.2) is 17.6 Å². The molecule has 2 heterocycles. The molecular weight excluding hydrogens is 288 g/mol. The van der Waals surface area contributed by atoms with Crippen molar-refractivity contribution in [3.63, 3.8) is 0 Å². The second kappa shape index (κ2) is 5.94. The normalized spacial score (nSPS) is 10.4. The van der Waals surface area contributed by atoms with Crippen molar-refractivity contribution in [3.8, 4) is 0 Å². The van der Waals surface area contributed by atoms with E-state index in [-0.39, 0.29) is 16.5 Å². The SMILES string of the molecule is Cc1nc(CCNc2ncc(Cl)cc2[N+](=O)[O-])cs1. The maximum Gasteiger partial charge on any atom is 0.312 e. The first-order chi connectivity index (χ1) is 9.06. The van der Waals surface area contributed by atoms with Crippen LogP contribution in [0, 0.1) is 17.0 Å². The third kappa shape index (κ3) is 3.62. The number of halogens is 1. The minimum Gasteiger partial charge on any atom is -0.364 e. The first-order valence-electron chi connectivity index (χ1n) is 5.51. The number of rotatable bonds is 5. The zero-order valence-corrected chi connectivity index (χ0v) is 11.7. The Bertz CT molecular complexity index is 602. The topological polar surface area (TPSA) is 81.0 Å². The number of nitrogens with zero attached hydrogens (tertiary/aromatic N) is 3. The Hall–Kier alpha value is -1.73. The number of thiazole rings is 1. The molecule has 0 saturated carbocycles. The second-order valence-corrected chi connectivity index (χ2v) is 5.31. The van der Waals surface area contributed by atoms with Gasteiger partial charge in [-0.15, -0.1) is 11.3 Å². The fourth-order valence-electron chi connectivity index (χ4n) is 1.54. The molecule has 100 valence electrons. The molecule has 6 nitrogen and oxygen atoms in total. The maximum atomic E-state index is 10.9. The van der Waals surface area contributed by atoms with Gasteiger partial charge in [-0.25, -0.2) is 9.97 Å². The van der Waals surface area contributed by atoms with Gasteiger partial charge in [-0.1, -0.05) is 11.6 Å². The molecule has 8 heteroatoms. The fourth-order valence-corrected chi connectivity index (χ4v) is 2.34. The first kappa shape index (κ1) is 13.7. The van der Waals surface area contributed by atoms with Crippen LogP contribution in [0.4, 0.5) is 11.5 Å². The van der Waals surface area contributed by atoms with Gasteiger partial charge in [0.25, 0.3) is 0 Å². The van der Waals surface area contributed by atoms with Crippen LogP contribution < -0.4 is 5.32 Å². The van der Waals surface area contributed by atoms with Gasteiger partial charge in [-0.2, -0.15) is 0 Å². The molecule has 0 spiro atoms. The summed E-state index contributed by atoms with van der Waals surface area (Å²) in [5, 5.41) is 17.0. The summed E-state index contributed by atoms with van der Waals surface area (Å²) in [6, 6.07) is 1.28. The van der Waals surface area contributed by atoms with E-state index in [1.807, 2.05) is 12.3 Å². The molecule has 2 aromatic rings. The lowest BCUT2D eigenvalue weighted by Crippen LogP contribution is -2.08. The smallest absolute Gasteiger partial charge is 0.312 e. The van der Waals surface area contributed by atoms with E-state index in [0.29, 0.717) is 13.0 Å². The highest BCUT2D eigenvalue weighted by Gasteiger charge is 2.15.